The number of hydrogen-bond donors (Lipinski definition) is 1. The molecule has 0 fully saturated rings. The number of halogens is 1. The fourth-order valence-electron chi connectivity index (χ4n) is 2.11. The molecule has 22 heavy (non-hydrogen) atoms. The van der Waals surface area contributed by atoms with Crippen LogP contribution >= 0.6 is 0 Å². The Morgan fingerprint density at radius 1 is 0.955 bits per heavy atom. The minimum absolute atomic E-state index is 0.205. The molecule has 3 nitrogen and oxygen atoms in total. The van der Waals surface area contributed by atoms with Crippen LogP contribution in [-0.2, 0) is 0 Å². The number of amidine groups is 1. The number of benzene rings is 1. The van der Waals surface area contributed by atoms with Crippen molar-refractivity contribution in [2.24, 2.45) is 9.98 Å². The first-order chi connectivity index (χ1) is 10.0. The lowest BCUT2D eigenvalue weighted by Crippen LogP contribution is -2.28. The Bertz CT molecular complexity index is 656. The molecule has 4 heteroatoms. The van der Waals surface area contributed by atoms with E-state index in [-0.39, 0.29) is 16.9 Å². The van der Waals surface area contributed by atoms with E-state index in [0.29, 0.717) is 0 Å². The van der Waals surface area contributed by atoms with Crippen LogP contribution in [0.2, 0.25) is 0 Å². The second-order valence-electron chi connectivity index (χ2n) is 7.49. The quantitative estimate of drug-likeness (QED) is 0.829. The Balaban J connectivity index is 2.46. The average Bonchev–Trinajstić information content (AvgIpc) is 2.68. The van der Waals surface area contributed by atoms with Gasteiger partial charge in [0.15, 0.2) is 5.84 Å². The van der Waals surface area contributed by atoms with E-state index in [9.17, 15) is 4.39 Å². The lowest BCUT2D eigenvalue weighted by molar-refractivity contribution is 0.578. The second kappa shape index (κ2) is 5.67. The molecule has 1 aromatic carbocycles. The van der Waals surface area contributed by atoms with Crippen LogP contribution in [0, 0.1) is 5.82 Å². The highest BCUT2D eigenvalue weighted by molar-refractivity contribution is 6.51. The fourth-order valence-corrected chi connectivity index (χ4v) is 2.11. The molecule has 2 rings (SSSR count). The van der Waals surface area contributed by atoms with Gasteiger partial charge in [-0.3, -0.25) is 9.98 Å². The van der Waals surface area contributed by atoms with Crippen molar-refractivity contribution in [1.29, 1.82) is 0 Å². The van der Waals surface area contributed by atoms with Crippen molar-refractivity contribution in [2.45, 2.75) is 52.6 Å². The first kappa shape index (κ1) is 16.4. The highest BCUT2D eigenvalue weighted by Gasteiger charge is 2.23. The zero-order chi connectivity index (χ0) is 16.5. The van der Waals surface area contributed by atoms with Gasteiger partial charge in [-0.2, -0.15) is 0 Å². The summed E-state index contributed by atoms with van der Waals surface area (Å²) in [5.74, 6) is 0.484. The molecule has 0 saturated heterocycles. The summed E-state index contributed by atoms with van der Waals surface area (Å²) in [6.45, 7) is 12.2. The van der Waals surface area contributed by atoms with E-state index >= 15 is 0 Å². The second-order valence-corrected chi connectivity index (χ2v) is 7.49. The predicted molar refractivity (Wildman–Crippen MR) is 91.9 cm³/mol. The number of aliphatic imine (C=N–C) groups is 2. The third-order valence-electron chi connectivity index (χ3n) is 2.82. The number of hydrogen-bond acceptors (Lipinski definition) is 2. The van der Waals surface area contributed by atoms with Crippen molar-refractivity contribution < 1.29 is 4.39 Å². The summed E-state index contributed by atoms with van der Waals surface area (Å²) in [5, 5.41) is 3.28. The summed E-state index contributed by atoms with van der Waals surface area (Å²) in [5.41, 5.74) is 2.00. The summed E-state index contributed by atoms with van der Waals surface area (Å²) >= 11 is 0. The Kier molecular flexibility index (Phi) is 4.23. The van der Waals surface area contributed by atoms with Gasteiger partial charge in [0.25, 0.3) is 0 Å². The molecule has 1 aliphatic rings. The Morgan fingerprint density at radius 2 is 1.59 bits per heavy atom. The minimum Gasteiger partial charge on any atom is -0.338 e. The van der Waals surface area contributed by atoms with Gasteiger partial charge >= 0.3 is 0 Å². The standard InChI is InChI=1S/C18H24FN3/c1-17(2,3)21-15-11-14(12-8-7-9-13(19)10-12)20-16(15)22-18(4,5)6/h7-11H,1-6H3,(H,20,21,22). The molecule has 1 aromatic rings. The summed E-state index contributed by atoms with van der Waals surface area (Å²) in [4.78, 5) is 9.43. The maximum absolute atomic E-state index is 13.4. The van der Waals surface area contributed by atoms with Crippen molar-refractivity contribution in [3.05, 3.63) is 41.7 Å². The molecule has 0 spiro atoms. The third kappa shape index (κ3) is 4.52. The largest absolute Gasteiger partial charge is 0.338 e. The highest BCUT2D eigenvalue weighted by Crippen LogP contribution is 2.21. The fraction of sp³-hybridized carbons (Fsp3) is 0.444. The monoisotopic (exact) mass is 301 g/mol. The van der Waals surface area contributed by atoms with Gasteiger partial charge in [0.1, 0.15) is 11.5 Å². The van der Waals surface area contributed by atoms with E-state index in [1.54, 1.807) is 6.07 Å². The Morgan fingerprint density at radius 3 is 2.14 bits per heavy atom. The summed E-state index contributed by atoms with van der Waals surface area (Å²) in [7, 11) is 0. The van der Waals surface area contributed by atoms with Crippen LogP contribution in [0.1, 0.15) is 47.1 Å². The van der Waals surface area contributed by atoms with E-state index in [4.69, 9.17) is 9.98 Å². The molecule has 0 amide bonds. The molecule has 1 aliphatic heterocycles. The smallest absolute Gasteiger partial charge is 0.151 e. The normalized spacial score (nSPS) is 19.5. The van der Waals surface area contributed by atoms with Crippen molar-refractivity contribution in [1.82, 2.24) is 5.32 Å². The van der Waals surface area contributed by atoms with Crippen LogP contribution in [-0.4, -0.2) is 22.6 Å². The van der Waals surface area contributed by atoms with Gasteiger partial charge in [0.05, 0.1) is 11.1 Å². The van der Waals surface area contributed by atoms with E-state index in [0.717, 1.165) is 22.8 Å². The topological polar surface area (TPSA) is 36.8 Å². The van der Waals surface area contributed by atoms with Gasteiger partial charge in [-0.1, -0.05) is 12.1 Å². The van der Waals surface area contributed by atoms with Gasteiger partial charge in [0.2, 0.25) is 0 Å². The molecule has 1 heterocycles. The maximum Gasteiger partial charge on any atom is 0.151 e. The van der Waals surface area contributed by atoms with Crippen LogP contribution < -0.4 is 5.32 Å². The summed E-state index contributed by atoms with van der Waals surface area (Å²) in [6, 6.07) is 6.52. The predicted octanol–water partition coefficient (Wildman–Crippen LogP) is 4.21. The molecule has 1 N–H and O–H groups in total. The molecule has 0 saturated carbocycles. The lowest BCUT2D eigenvalue weighted by Gasteiger charge is -2.17. The van der Waals surface area contributed by atoms with E-state index in [1.807, 2.05) is 53.7 Å². The van der Waals surface area contributed by atoms with E-state index in [1.165, 1.54) is 12.1 Å². The lowest BCUT2D eigenvalue weighted by atomic mass is 10.1. The van der Waals surface area contributed by atoms with Crippen molar-refractivity contribution in [3.8, 4) is 0 Å². The van der Waals surface area contributed by atoms with Crippen molar-refractivity contribution >= 4 is 17.2 Å². The maximum atomic E-state index is 13.4. The van der Waals surface area contributed by atoms with Crippen molar-refractivity contribution in [2.75, 3.05) is 0 Å². The van der Waals surface area contributed by atoms with E-state index < -0.39 is 0 Å². The molecule has 0 bridgehead atoms. The number of nitrogens with one attached hydrogen (secondary N) is 1. The van der Waals surface area contributed by atoms with Crippen LogP contribution in [0.3, 0.4) is 0 Å². The molecule has 118 valence electrons. The first-order valence-corrected chi connectivity index (χ1v) is 7.48. The summed E-state index contributed by atoms with van der Waals surface area (Å²) in [6.07, 6.45) is 1.94. The van der Waals surface area contributed by atoms with Crippen molar-refractivity contribution in [3.63, 3.8) is 0 Å². The van der Waals surface area contributed by atoms with Crippen LogP contribution in [0.25, 0.3) is 5.70 Å². The van der Waals surface area contributed by atoms with Gasteiger partial charge in [-0.05, 0) is 59.8 Å². The SMILES string of the molecule is CC(C)(C)N=C1C=C(c2cccc(F)c2)NC1=NC(C)(C)C. The van der Waals surface area contributed by atoms with Crippen LogP contribution in [0.4, 0.5) is 4.39 Å². The Hall–Kier alpha value is -1.97. The number of nitrogens with zero attached hydrogens (tertiary/aromatic N) is 2. The molecule has 0 aromatic heterocycles. The van der Waals surface area contributed by atoms with Crippen LogP contribution in [0.5, 0.6) is 0 Å². The zero-order valence-electron chi connectivity index (χ0n) is 14.2. The highest BCUT2D eigenvalue weighted by atomic mass is 19.1. The zero-order valence-corrected chi connectivity index (χ0v) is 14.2. The van der Waals surface area contributed by atoms with Crippen LogP contribution in [0.15, 0.2) is 40.3 Å². The van der Waals surface area contributed by atoms with Gasteiger partial charge < -0.3 is 5.32 Å². The summed E-state index contributed by atoms with van der Waals surface area (Å²) < 4.78 is 13.4. The van der Waals surface area contributed by atoms with Gasteiger partial charge in [-0.25, -0.2) is 4.39 Å². The molecule has 0 atom stereocenters. The Labute approximate surface area is 132 Å². The van der Waals surface area contributed by atoms with E-state index in [2.05, 4.69) is 5.32 Å². The first-order valence-electron chi connectivity index (χ1n) is 7.48. The third-order valence-corrected chi connectivity index (χ3v) is 2.82. The molecule has 0 aliphatic carbocycles. The molecule has 0 radical (unpaired) electrons. The minimum atomic E-state index is -0.254. The molecular weight excluding hydrogens is 277 g/mol. The van der Waals surface area contributed by atoms with Gasteiger partial charge in [-0.15, -0.1) is 0 Å². The molecule has 0 unspecified atom stereocenters. The van der Waals surface area contributed by atoms with Gasteiger partial charge in [0, 0.05) is 11.3 Å². The molecular formula is C18H24FN3. The number of rotatable bonds is 1. The average molecular weight is 301 g/mol.